The normalized spacial score (nSPS) is 13.4. The van der Waals surface area contributed by atoms with Gasteiger partial charge < -0.3 is 9.47 Å². The number of carbonyl (C=O) groups excluding carboxylic acids is 1. The summed E-state index contributed by atoms with van der Waals surface area (Å²) in [4.78, 5) is 17.0. The molecule has 0 bridgehead atoms. The molecule has 0 spiro atoms. The topological polar surface area (TPSA) is 47.9 Å². The van der Waals surface area contributed by atoms with Crippen molar-refractivity contribution < 1.29 is 18.7 Å². The zero-order valence-electron chi connectivity index (χ0n) is 12.2. The molecule has 5 heteroatoms. The van der Waals surface area contributed by atoms with Crippen LogP contribution in [0.1, 0.15) is 22.3 Å². The number of Topliss-reactive ketones (excluding diaryl/α,β-unsaturated/α-hetero) is 1. The van der Waals surface area contributed by atoms with Gasteiger partial charge in [0.2, 0.25) is 0 Å². The number of hydrogen-bond donors (Lipinski definition) is 0. The van der Waals surface area contributed by atoms with Crippen LogP contribution in [0.4, 0.5) is 10.1 Å². The van der Waals surface area contributed by atoms with E-state index in [1.54, 1.807) is 24.3 Å². The highest BCUT2D eigenvalue weighted by molar-refractivity contribution is 6.22. The minimum Gasteiger partial charge on any atom is -0.493 e. The van der Waals surface area contributed by atoms with E-state index in [-0.39, 0.29) is 18.0 Å². The van der Waals surface area contributed by atoms with Crippen molar-refractivity contribution in [2.24, 2.45) is 4.99 Å². The molecule has 0 fully saturated rings. The molecule has 2 aromatic carbocycles. The minimum absolute atomic E-state index is 0.0972. The Morgan fingerprint density at radius 1 is 1.05 bits per heavy atom. The average molecular weight is 299 g/mol. The van der Waals surface area contributed by atoms with Gasteiger partial charge in [0.1, 0.15) is 5.82 Å². The second-order valence-corrected chi connectivity index (χ2v) is 4.86. The summed E-state index contributed by atoms with van der Waals surface area (Å²) in [5.74, 6) is 0.473. The Bertz CT molecular complexity index is 766. The smallest absolute Gasteiger partial charge is 0.174 e. The minimum atomic E-state index is -0.321. The number of carbonyl (C=O) groups is 1. The lowest BCUT2D eigenvalue weighted by molar-refractivity contribution is 0.0996. The molecule has 0 radical (unpaired) electrons. The summed E-state index contributed by atoms with van der Waals surface area (Å²) >= 11 is 0. The van der Waals surface area contributed by atoms with Gasteiger partial charge in [-0.3, -0.25) is 9.79 Å². The van der Waals surface area contributed by atoms with Crippen molar-refractivity contribution in [1.82, 2.24) is 0 Å². The van der Waals surface area contributed by atoms with E-state index in [9.17, 15) is 9.18 Å². The summed E-state index contributed by atoms with van der Waals surface area (Å²) in [5.41, 5.74) is 2.31. The van der Waals surface area contributed by atoms with Gasteiger partial charge in [-0.15, -0.1) is 0 Å². The highest BCUT2D eigenvalue weighted by Crippen LogP contribution is 2.40. The molecule has 0 aromatic heterocycles. The van der Waals surface area contributed by atoms with Gasteiger partial charge in [0, 0.05) is 0 Å². The molecule has 1 aliphatic rings. The Kier molecular flexibility index (Phi) is 3.63. The first-order chi connectivity index (χ1) is 10.6. The van der Waals surface area contributed by atoms with Gasteiger partial charge in [0.25, 0.3) is 0 Å². The Hall–Kier alpha value is -2.69. The number of methoxy groups -OCH3 is 2. The van der Waals surface area contributed by atoms with E-state index >= 15 is 0 Å². The molecule has 0 atom stereocenters. The third-order valence-corrected chi connectivity index (χ3v) is 3.56. The Morgan fingerprint density at radius 3 is 2.41 bits per heavy atom. The number of fused-ring (bicyclic) bond motifs is 1. The Morgan fingerprint density at radius 2 is 1.77 bits per heavy atom. The fraction of sp³-hybridized carbons (Fsp3) is 0.176. The maximum Gasteiger partial charge on any atom is 0.174 e. The molecule has 0 amide bonds. The third-order valence-electron chi connectivity index (χ3n) is 3.56. The number of halogens is 1. The molecule has 1 heterocycles. The second-order valence-electron chi connectivity index (χ2n) is 4.86. The van der Waals surface area contributed by atoms with Crippen LogP contribution in [0.15, 0.2) is 41.4 Å². The predicted octanol–water partition coefficient (Wildman–Crippen LogP) is 3.55. The van der Waals surface area contributed by atoms with Crippen LogP contribution in [0, 0.1) is 5.82 Å². The van der Waals surface area contributed by atoms with Gasteiger partial charge >= 0.3 is 0 Å². The number of benzene rings is 2. The van der Waals surface area contributed by atoms with Gasteiger partial charge in [0.05, 0.1) is 37.6 Å². The maximum atomic E-state index is 13.0. The van der Waals surface area contributed by atoms with Gasteiger partial charge in [-0.2, -0.15) is 0 Å². The molecule has 112 valence electrons. The van der Waals surface area contributed by atoms with Gasteiger partial charge in [-0.25, -0.2) is 4.39 Å². The third kappa shape index (κ3) is 2.35. The molecule has 4 nitrogen and oxygen atoms in total. The maximum absolute atomic E-state index is 13.0. The van der Waals surface area contributed by atoms with Gasteiger partial charge in [-0.1, -0.05) is 12.1 Å². The zero-order chi connectivity index (χ0) is 15.7. The first-order valence-corrected chi connectivity index (χ1v) is 6.75. The largest absolute Gasteiger partial charge is 0.493 e. The monoisotopic (exact) mass is 299 g/mol. The molecule has 2 aromatic rings. The van der Waals surface area contributed by atoms with Crippen molar-refractivity contribution >= 4 is 17.2 Å². The van der Waals surface area contributed by atoms with E-state index in [0.29, 0.717) is 28.5 Å². The van der Waals surface area contributed by atoms with Crippen LogP contribution in [-0.4, -0.2) is 25.7 Å². The molecular weight excluding hydrogens is 285 g/mol. The molecule has 3 rings (SSSR count). The van der Waals surface area contributed by atoms with Crippen molar-refractivity contribution in [3.05, 3.63) is 53.3 Å². The Labute approximate surface area is 127 Å². The van der Waals surface area contributed by atoms with Crippen LogP contribution in [0.25, 0.3) is 0 Å². The number of ketones is 1. The summed E-state index contributed by atoms with van der Waals surface area (Å²) in [6.45, 7) is 0. The van der Waals surface area contributed by atoms with Crippen LogP contribution in [-0.2, 0) is 0 Å². The molecule has 22 heavy (non-hydrogen) atoms. The van der Waals surface area contributed by atoms with Gasteiger partial charge in [-0.05, 0) is 29.8 Å². The summed E-state index contributed by atoms with van der Waals surface area (Å²) in [6.07, 6.45) is 0.141. The van der Waals surface area contributed by atoms with Crippen LogP contribution in [0.5, 0.6) is 11.5 Å². The van der Waals surface area contributed by atoms with Crippen molar-refractivity contribution in [1.29, 1.82) is 0 Å². The summed E-state index contributed by atoms with van der Waals surface area (Å²) < 4.78 is 23.5. The first-order valence-electron chi connectivity index (χ1n) is 6.75. The number of nitrogens with zero attached hydrogens (tertiary/aromatic N) is 1. The molecule has 0 aliphatic carbocycles. The van der Waals surface area contributed by atoms with Crippen molar-refractivity contribution in [3.8, 4) is 11.5 Å². The first kappa shape index (κ1) is 14.3. The predicted molar refractivity (Wildman–Crippen MR) is 81.1 cm³/mol. The molecular formula is C17H14FNO3. The van der Waals surface area contributed by atoms with Gasteiger partial charge in [0.15, 0.2) is 17.3 Å². The van der Waals surface area contributed by atoms with Crippen LogP contribution in [0.2, 0.25) is 0 Å². The van der Waals surface area contributed by atoms with Crippen molar-refractivity contribution in [3.63, 3.8) is 0 Å². The number of aliphatic imine (C=N–C) groups is 1. The summed E-state index contributed by atoms with van der Waals surface area (Å²) in [7, 11) is 3.01. The fourth-order valence-electron chi connectivity index (χ4n) is 2.51. The second kappa shape index (κ2) is 5.60. The lowest BCUT2D eigenvalue weighted by atomic mass is 9.95. The molecule has 0 saturated carbocycles. The molecule has 0 saturated heterocycles. The quantitative estimate of drug-likeness (QED) is 0.870. The fourth-order valence-corrected chi connectivity index (χ4v) is 2.51. The summed E-state index contributed by atoms with van der Waals surface area (Å²) in [5, 5.41) is 0. The van der Waals surface area contributed by atoms with Crippen LogP contribution in [0.3, 0.4) is 0 Å². The SMILES string of the molecule is COc1ccc2c(c1OC)C(=O)CC(c1ccc(F)cc1)=N2. The van der Waals surface area contributed by atoms with E-state index in [4.69, 9.17) is 9.47 Å². The number of rotatable bonds is 3. The lowest BCUT2D eigenvalue weighted by Gasteiger charge is -2.19. The standard InChI is InChI=1S/C17H14FNO3/c1-21-15-8-7-12-16(17(15)22-2)14(20)9-13(19-12)10-3-5-11(18)6-4-10/h3-8H,9H2,1-2H3. The van der Waals surface area contributed by atoms with Crippen LogP contribution < -0.4 is 9.47 Å². The van der Waals surface area contributed by atoms with E-state index in [2.05, 4.69) is 4.99 Å². The van der Waals surface area contributed by atoms with E-state index < -0.39 is 0 Å². The van der Waals surface area contributed by atoms with Crippen molar-refractivity contribution in [2.45, 2.75) is 6.42 Å². The average Bonchev–Trinajstić information content (AvgIpc) is 2.54. The lowest BCUT2D eigenvalue weighted by Crippen LogP contribution is -2.15. The highest BCUT2D eigenvalue weighted by Gasteiger charge is 2.27. The highest BCUT2D eigenvalue weighted by atomic mass is 19.1. The Balaban J connectivity index is 2.12. The molecule has 1 aliphatic heterocycles. The zero-order valence-corrected chi connectivity index (χ0v) is 12.2. The van der Waals surface area contributed by atoms with E-state index in [0.717, 1.165) is 5.56 Å². The van der Waals surface area contributed by atoms with Crippen LogP contribution >= 0.6 is 0 Å². The van der Waals surface area contributed by atoms with E-state index in [1.165, 1.54) is 26.4 Å². The van der Waals surface area contributed by atoms with E-state index in [1.807, 2.05) is 0 Å². The van der Waals surface area contributed by atoms with Crippen molar-refractivity contribution in [2.75, 3.05) is 14.2 Å². The number of ether oxygens (including phenoxy) is 2. The molecule has 0 unspecified atom stereocenters. The summed E-state index contributed by atoms with van der Waals surface area (Å²) in [6, 6.07) is 9.37. The molecule has 0 N–H and O–H groups in total. The number of hydrogen-bond acceptors (Lipinski definition) is 4.